The molecular formula is C20H18F3NO2S2. The van der Waals surface area contributed by atoms with E-state index in [1.807, 2.05) is 29.0 Å². The van der Waals surface area contributed by atoms with Crippen molar-refractivity contribution in [2.24, 2.45) is 0 Å². The Hall–Kier alpha value is -2.16. The van der Waals surface area contributed by atoms with Gasteiger partial charge in [-0.1, -0.05) is 12.1 Å². The van der Waals surface area contributed by atoms with Crippen LogP contribution in [-0.2, 0) is 17.4 Å². The Morgan fingerprint density at radius 2 is 1.86 bits per heavy atom. The van der Waals surface area contributed by atoms with Gasteiger partial charge in [-0.15, -0.1) is 11.3 Å². The number of nitrogens with one attached hydrogen (secondary N) is 1. The van der Waals surface area contributed by atoms with Crippen LogP contribution < -0.4 is 5.32 Å². The number of amides is 1. The van der Waals surface area contributed by atoms with Crippen LogP contribution in [0.4, 0.5) is 13.2 Å². The quantitative estimate of drug-likeness (QED) is 0.541. The molecule has 3 aromatic rings. The molecular weight excluding hydrogens is 407 g/mol. The summed E-state index contributed by atoms with van der Waals surface area (Å²) in [6, 6.07) is 10.6. The number of hydrogen-bond acceptors (Lipinski definition) is 4. The standard InChI is InChI=1S/C20H18F3NO2S2/c21-20(22,23)15-4-1-13(2-5-15)3-8-19(26)24-11-16(25)18-7-6-17(28-18)14-9-10-27-12-14/h1-2,4-7,9-10,12,16,25H,3,8,11H2,(H,24,26). The summed E-state index contributed by atoms with van der Waals surface area (Å²) >= 11 is 3.08. The fraction of sp³-hybridized carbons (Fsp3) is 0.250. The molecule has 1 atom stereocenters. The maximum atomic E-state index is 12.5. The van der Waals surface area contributed by atoms with Crippen LogP contribution in [0, 0.1) is 0 Å². The van der Waals surface area contributed by atoms with E-state index in [9.17, 15) is 23.1 Å². The highest BCUT2D eigenvalue weighted by molar-refractivity contribution is 7.16. The Balaban J connectivity index is 1.45. The third-order valence-electron chi connectivity index (χ3n) is 4.18. The van der Waals surface area contributed by atoms with Crippen molar-refractivity contribution in [1.29, 1.82) is 0 Å². The topological polar surface area (TPSA) is 49.3 Å². The average Bonchev–Trinajstić information content (AvgIpc) is 3.35. The zero-order chi connectivity index (χ0) is 20.1. The maximum Gasteiger partial charge on any atom is 0.416 e. The number of aliphatic hydroxyl groups excluding tert-OH is 1. The van der Waals surface area contributed by atoms with E-state index in [2.05, 4.69) is 5.32 Å². The lowest BCUT2D eigenvalue weighted by Crippen LogP contribution is -2.28. The summed E-state index contributed by atoms with van der Waals surface area (Å²) in [7, 11) is 0. The van der Waals surface area contributed by atoms with Crippen molar-refractivity contribution in [3.05, 3.63) is 69.2 Å². The molecule has 28 heavy (non-hydrogen) atoms. The SMILES string of the molecule is O=C(CCc1ccc(C(F)(F)F)cc1)NCC(O)c1ccc(-c2ccsc2)s1. The molecule has 0 spiro atoms. The Bertz CT molecular complexity index is 902. The molecule has 2 N–H and O–H groups in total. The highest BCUT2D eigenvalue weighted by atomic mass is 32.1. The number of hydrogen-bond donors (Lipinski definition) is 2. The van der Waals surface area contributed by atoms with Crippen molar-refractivity contribution in [2.75, 3.05) is 6.54 Å². The van der Waals surface area contributed by atoms with E-state index in [1.165, 1.54) is 23.5 Å². The largest absolute Gasteiger partial charge is 0.416 e. The summed E-state index contributed by atoms with van der Waals surface area (Å²) in [5, 5.41) is 17.0. The monoisotopic (exact) mass is 425 g/mol. The van der Waals surface area contributed by atoms with Crippen molar-refractivity contribution in [1.82, 2.24) is 5.32 Å². The van der Waals surface area contributed by atoms with Crippen LogP contribution in [0.2, 0.25) is 0 Å². The van der Waals surface area contributed by atoms with Gasteiger partial charge in [0.1, 0.15) is 6.10 Å². The molecule has 0 saturated carbocycles. The first kappa shape index (κ1) is 20.6. The summed E-state index contributed by atoms with van der Waals surface area (Å²) in [5.74, 6) is -0.256. The molecule has 1 unspecified atom stereocenters. The Labute approximate surface area is 168 Å². The zero-order valence-corrected chi connectivity index (χ0v) is 16.3. The first-order chi connectivity index (χ1) is 13.3. The molecule has 0 bridgehead atoms. The van der Waals surface area contributed by atoms with Crippen molar-refractivity contribution < 1.29 is 23.1 Å². The Kier molecular flexibility index (Phi) is 6.53. The second-order valence-electron chi connectivity index (χ2n) is 6.23. The van der Waals surface area contributed by atoms with Crippen molar-refractivity contribution >= 4 is 28.6 Å². The zero-order valence-electron chi connectivity index (χ0n) is 14.7. The molecule has 3 nitrogen and oxygen atoms in total. The number of aryl methyl sites for hydroxylation is 1. The molecule has 0 fully saturated rings. The number of carbonyl (C=O) groups is 1. The third kappa shape index (κ3) is 5.43. The van der Waals surface area contributed by atoms with E-state index >= 15 is 0 Å². The molecule has 8 heteroatoms. The molecule has 0 aliphatic heterocycles. The number of rotatable bonds is 7. The summed E-state index contributed by atoms with van der Waals surface area (Å²) in [6.07, 6.45) is -4.69. The maximum absolute atomic E-state index is 12.5. The Morgan fingerprint density at radius 3 is 2.50 bits per heavy atom. The molecule has 1 amide bonds. The van der Waals surface area contributed by atoms with Crippen LogP contribution in [0.15, 0.2) is 53.2 Å². The van der Waals surface area contributed by atoms with E-state index in [1.54, 1.807) is 11.3 Å². The molecule has 0 saturated heterocycles. The summed E-state index contributed by atoms with van der Waals surface area (Å²) < 4.78 is 37.6. The van der Waals surface area contributed by atoms with E-state index < -0.39 is 17.8 Å². The molecule has 0 aliphatic rings. The van der Waals surface area contributed by atoms with Gasteiger partial charge >= 0.3 is 6.18 Å². The van der Waals surface area contributed by atoms with Crippen LogP contribution in [0.25, 0.3) is 10.4 Å². The van der Waals surface area contributed by atoms with Gasteiger partial charge in [-0.3, -0.25) is 4.79 Å². The molecule has 1 aromatic carbocycles. The van der Waals surface area contributed by atoms with E-state index in [0.29, 0.717) is 12.0 Å². The molecule has 2 aromatic heterocycles. The highest BCUT2D eigenvalue weighted by Crippen LogP contribution is 2.32. The number of benzene rings is 1. The van der Waals surface area contributed by atoms with Gasteiger partial charge in [-0.05, 0) is 53.1 Å². The van der Waals surface area contributed by atoms with E-state index in [0.717, 1.165) is 27.5 Å². The lowest BCUT2D eigenvalue weighted by molar-refractivity contribution is -0.137. The molecule has 148 valence electrons. The summed E-state index contributed by atoms with van der Waals surface area (Å²) in [6.45, 7) is 0.0927. The number of halogens is 3. The van der Waals surface area contributed by atoms with Crippen LogP contribution in [0.1, 0.15) is 28.5 Å². The predicted molar refractivity (Wildman–Crippen MR) is 105 cm³/mol. The molecule has 2 heterocycles. The van der Waals surface area contributed by atoms with Crippen molar-refractivity contribution in [3.63, 3.8) is 0 Å². The summed E-state index contributed by atoms with van der Waals surface area (Å²) in [4.78, 5) is 13.8. The van der Waals surface area contributed by atoms with E-state index in [4.69, 9.17) is 0 Å². The van der Waals surface area contributed by atoms with Crippen molar-refractivity contribution in [2.45, 2.75) is 25.1 Å². The highest BCUT2D eigenvalue weighted by Gasteiger charge is 2.29. The molecule has 0 radical (unpaired) electrons. The summed E-state index contributed by atoms with van der Waals surface area (Å²) in [5.41, 5.74) is 1.05. The normalized spacial score (nSPS) is 12.7. The third-order valence-corrected chi connectivity index (χ3v) is 6.09. The van der Waals surface area contributed by atoms with Gasteiger partial charge in [0.25, 0.3) is 0 Å². The predicted octanol–water partition coefficient (Wildman–Crippen LogP) is 5.28. The minimum atomic E-state index is -4.36. The van der Waals surface area contributed by atoms with E-state index in [-0.39, 0.29) is 18.9 Å². The van der Waals surface area contributed by atoms with Crippen LogP contribution in [0.3, 0.4) is 0 Å². The van der Waals surface area contributed by atoms with Gasteiger partial charge in [-0.2, -0.15) is 24.5 Å². The van der Waals surface area contributed by atoms with Crippen LogP contribution in [-0.4, -0.2) is 17.6 Å². The first-order valence-electron chi connectivity index (χ1n) is 8.56. The fourth-order valence-corrected chi connectivity index (χ4v) is 4.33. The second kappa shape index (κ2) is 8.89. The lowest BCUT2D eigenvalue weighted by Gasteiger charge is -2.11. The van der Waals surface area contributed by atoms with Gasteiger partial charge in [0.15, 0.2) is 0 Å². The first-order valence-corrected chi connectivity index (χ1v) is 10.3. The van der Waals surface area contributed by atoms with Gasteiger partial charge < -0.3 is 10.4 Å². The number of alkyl halides is 3. The minimum absolute atomic E-state index is 0.0927. The van der Waals surface area contributed by atoms with Crippen LogP contribution >= 0.6 is 22.7 Å². The average molecular weight is 425 g/mol. The van der Waals surface area contributed by atoms with Gasteiger partial charge in [0, 0.05) is 28.3 Å². The lowest BCUT2D eigenvalue weighted by atomic mass is 10.1. The van der Waals surface area contributed by atoms with Gasteiger partial charge in [0.2, 0.25) is 5.91 Å². The van der Waals surface area contributed by atoms with Gasteiger partial charge in [0.05, 0.1) is 5.56 Å². The van der Waals surface area contributed by atoms with Crippen LogP contribution in [0.5, 0.6) is 0 Å². The van der Waals surface area contributed by atoms with Crippen molar-refractivity contribution in [3.8, 4) is 10.4 Å². The number of carbonyl (C=O) groups excluding carboxylic acids is 1. The fourth-order valence-electron chi connectivity index (χ4n) is 2.61. The minimum Gasteiger partial charge on any atom is -0.386 e. The Morgan fingerprint density at radius 1 is 1.11 bits per heavy atom. The van der Waals surface area contributed by atoms with Gasteiger partial charge in [-0.25, -0.2) is 0 Å². The smallest absolute Gasteiger partial charge is 0.386 e. The number of thiophene rings is 2. The molecule has 0 aliphatic carbocycles. The molecule has 3 rings (SSSR count). The number of aliphatic hydroxyl groups is 1. The second-order valence-corrected chi connectivity index (χ2v) is 8.12.